The lowest BCUT2D eigenvalue weighted by molar-refractivity contribution is 0.0951. The van der Waals surface area contributed by atoms with Gasteiger partial charge in [0.25, 0.3) is 5.91 Å². The van der Waals surface area contributed by atoms with E-state index < -0.39 is 0 Å². The lowest BCUT2D eigenvalue weighted by Gasteiger charge is -2.07. The van der Waals surface area contributed by atoms with Gasteiger partial charge in [-0.3, -0.25) is 4.79 Å². The van der Waals surface area contributed by atoms with Crippen molar-refractivity contribution in [2.75, 3.05) is 6.26 Å². The zero-order chi connectivity index (χ0) is 16.1. The van der Waals surface area contributed by atoms with Crippen LogP contribution in [0.3, 0.4) is 0 Å². The van der Waals surface area contributed by atoms with Gasteiger partial charge in [-0.25, -0.2) is 4.68 Å². The minimum absolute atomic E-state index is 0.0613. The highest BCUT2D eigenvalue weighted by Crippen LogP contribution is 2.15. The molecule has 116 valence electrons. The molecule has 1 aromatic heterocycles. The molecule has 1 N–H and O–H groups in total. The molecule has 4 nitrogen and oxygen atoms in total. The standard InChI is InChI=1S/C18H17N3OS/c1-23-17-9-5-15(6-10-17)18(22)19-13-14-3-7-16(8-4-14)21-12-2-11-20-21/h2-12H,13H2,1H3,(H,19,22). The lowest BCUT2D eigenvalue weighted by Crippen LogP contribution is -2.22. The number of hydrogen-bond acceptors (Lipinski definition) is 3. The first kappa shape index (κ1) is 15.4. The Labute approximate surface area is 139 Å². The molecule has 2 aromatic carbocycles. The van der Waals surface area contributed by atoms with Crippen LogP contribution in [0.15, 0.2) is 71.9 Å². The van der Waals surface area contributed by atoms with Gasteiger partial charge in [0, 0.05) is 29.4 Å². The monoisotopic (exact) mass is 323 g/mol. The van der Waals surface area contributed by atoms with Gasteiger partial charge in [-0.15, -0.1) is 11.8 Å². The number of carbonyl (C=O) groups excluding carboxylic acids is 1. The molecule has 1 heterocycles. The van der Waals surface area contributed by atoms with Crippen molar-refractivity contribution in [3.05, 3.63) is 78.1 Å². The normalized spacial score (nSPS) is 10.5. The van der Waals surface area contributed by atoms with E-state index >= 15 is 0 Å². The van der Waals surface area contributed by atoms with E-state index in [2.05, 4.69) is 10.4 Å². The van der Waals surface area contributed by atoms with Crippen molar-refractivity contribution in [1.82, 2.24) is 15.1 Å². The van der Waals surface area contributed by atoms with Crippen LogP contribution < -0.4 is 5.32 Å². The first-order valence-electron chi connectivity index (χ1n) is 7.27. The molecule has 0 aliphatic carbocycles. The van der Waals surface area contributed by atoms with E-state index in [1.807, 2.05) is 67.0 Å². The SMILES string of the molecule is CSc1ccc(C(=O)NCc2ccc(-n3cccn3)cc2)cc1. The minimum Gasteiger partial charge on any atom is -0.348 e. The van der Waals surface area contributed by atoms with Crippen LogP contribution in [-0.2, 0) is 6.54 Å². The quantitative estimate of drug-likeness (QED) is 0.731. The second-order valence-corrected chi connectivity index (χ2v) is 5.91. The Morgan fingerprint density at radius 3 is 2.48 bits per heavy atom. The van der Waals surface area contributed by atoms with Gasteiger partial charge in [0.15, 0.2) is 0 Å². The third-order valence-electron chi connectivity index (χ3n) is 3.51. The van der Waals surface area contributed by atoms with Gasteiger partial charge in [0.2, 0.25) is 0 Å². The molecule has 0 bridgehead atoms. The third-order valence-corrected chi connectivity index (χ3v) is 4.25. The van der Waals surface area contributed by atoms with Crippen molar-refractivity contribution in [1.29, 1.82) is 0 Å². The third kappa shape index (κ3) is 3.81. The summed E-state index contributed by atoms with van der Waals surface area (Å²) in [4.78, 5) is 13.3. The summed E-state index contributed by atoms with van der Waals surface area (Å²) in [5, 5.41) is 7.13. The molecule has 5 heteroatoms. The predicted octanol–water partition coefficient (Wildman–Crippen LogP) is 3.52. The molecule has 0 atom stereocenters. The zero-order valence-corrected chi connectivity index (χ0v) is 13.6. The van der Waals surface area contributed by atoms with Gasteiger partial charge < -0.3 is 5.32 Å². The molecule has 0 unspecified atom stereocenters. The molecule has 0 saturated carbocycles. The fourth-order valence-corrected chi connectivity index (χ4v) is 2.62. The van der Waals surface area contributed by atoms with Crippen molar-refractivity contribution >= 4 is 17.7 Å². The van der Waals surface area contributed by atoms with Crippen LogP contribution in [-0.4, -0.2) is 21.9 Å². The number of amides is 1. The Hall–Kier alpha value is -2.53. The molecule has 0 saturated heterocycles. The number of carbonyl (C=O) groups is 1. The smallest absolute Gasteiger partial charge is 0.251 e. The highest BCUT2D eigenvalue weighted by Gasteiger charge is 2.05. The summed E-state index contributed by atoms with van der Waals surface area (Å²) in [6.45, 7) is 0.502. The van der Waals surface area contributed by atoms with Crippen molar-refractivity contribution < 1.29 is 4.79 Å². The largest absolute Gasteiger partial charge is 0.348 e. The van der Waals surface area contributed by atoms with Crippen LogP contribution in [0.25, 0.3) is 5.69 Å². The molecule has 3 rings (SSSR count). The average Bonchev–Trinajstić information content (AvgIpc) is 3.15. The summed E-state index contributed by atoms with van der Waals surface area (Å²) >= 11 is 1.66. The summed E-state index contributed by atoms with van der Waals surface area (Å²) < 4.78 is 1.80. The van der Waals surface area contributed by atoms with Crippen LogP contribution in [0.2, 0.25) is 0 Å². The molecule has 0 spiro atoms. The van der Waals surface area contributed by atoms with Crippen LogP contribution in [0.5, 0.6) is 0 Å². The number of benzene rings is 2. The van der Waals surface area contributed by atoms with E-state index in [4.69, 9.17) is 0 Å². The van der Waals surface area contributed by atoms with Crippen LogP contribution >= 0.6 is 11.8 Å². The van der Waals surface area contributed by atoms with E-state index in [1.54, 1.807) is 22.6 Å². The van der Waals surface area contributed by atoms with Crippen molar-refractivity contribution in [2.24, 2.45) is 0 Å². The summed E-state index contributed by atoms with van der Waals surface area (Å²) in [5.74, 6) is -0.0613. The molecule has 23 heavy (non-hydrogen) atoms. The van der Waals surface area contributed by atoms with E-state index in [-0.39, 0.29) is 5.91 Å². The Balaban J connectivity index is 1.60. The fraction of sp³-hybridized carbons (Fsp3) is 0.111. The first-order chi connectivity index (χ1) is 11.3. The van der Waals surface area contributed by atoms with E-state index in [0.717, 1.165) is 16.1 Å². The molecule has 0 fully saturated rings. The van der Waals surface area contributed by atoms with E-state index in [1.165, 1.54) is 0 Å². The summed E-state index contributed by atoms with van der Waals surface area (Å²) in [5.41, 5.74) is 2.73. The number of thioether (sulfide) groups is 1. The Kier molecular flexibility index (Phi) is 4.78. The molecule has 0 radical (unpaired) electrons. The van der Waals surface area contributed by atoms with E-state index in [9.17, 15) is 4.79 Å². The molecular formula is C18H17N3OS. The Bertz CT molecular complexity index is 765. The maximum absolute atomic E-state index is 12.1. The van der Waals surface area contributed by atoms with Gasteiger partial charge in [0.05, 0.1) is 5.69 Å². The molecular weight excluding hydrogens is 306 g/mol. The lowest BCUT2D eigenvalue weighted by atomic mass is 10.2. The number of rotatable bonds is 5. The van der Waals surface area contributed by atoms with Gasteiger partial charge >= 0.3 is 0 Å². The molecule has 0 aliphatic rings. The fourth-order valence-electron chi connectivity index (χ4n) is 2.21. The van der Waals surface area contributed by atoms with Crippen molar-refractivity contribution in [3.8, 4) is 5.69 Å². The first-order valence-corrected chi connectivity index (χ1v) is 8.50. The highest BCUT2D eigenvalue weighted by atomic mass is 32.2. The maximum atomic E-state index is 12.1. The molecule has 1 amide bonds. The summed E-state index contributed by atoms with van der Waals surface area (Å²) in [6.07, 6.45) is 5.66. The maximum Gasteiger partial charge on any atom is 0.251 e. The highest BCUT2D eigenvalue weighted by molar-refractivity contribution is 7.98. The number of nitrogens with one attached hydrogen (secondary N) is 1. The summed E-state index contributed by atoms with van der Waals surface area (Å²) in [7, 11) is 0. The van der Waals surface area contributed by atoms with Crippen LogP contribution in [0.1, 0.15) is 15.9 Å². The number of hydrogen-bond donors (Lipinski definition) is 1. The minimum atomic E-state index is -0.0613. The topological polar surface area (TPSA) is 46.9 Å². The summed E-state index contributed by atoms with van der Waals surface area (Å²) in [6, 6.07) is 17.5. The number of nitrogens with zero attached hydrogens (tertiary/aromatic N) is 2. The zero-order valence-electron chi connectivity index (χ0n) is 12.8. The predicted molar refractivity (Wildman–Crippen MR) is 93.0 cm³/mol. The average molecular weight is 323 g/mol. The van der Waals surface area contributed by atoms with Crippen molar-refractivity contribution in [2.45, 2.75) is 11.4 Å². The molecule has 0 aliphatic heterocycles. The number of aromatic nitrogens is 2. The van der Waals surface area contributed by atoms with Gasteiger partial charge in [-0.1, -0.05) is 12.1 Å². The van der Waals surface area contributed by atoms with Crippen LogP contribution in [0, 0.1) is 0 Å². The van der Waals surface area contributed by atoms with Gasteiger partial charge in [-0.2, -0.15) is 5.10 Å². The second-order valence-electron chi connectivity index (χ2n) is 5.03. The van der Waals surface area contributed by atoms with Gasteiger partial charge in [-0.05, 0) is 54.3 Å². The Morgan fingerprint density at radius 2 is 1.87 bits per heavy atom. The van der Waals surface area contributed by atoms with E-state index in [0.29, 0.717) is 12.1 Å². The van der Waals surface area contributed by atoms with Crippen molar-refractivity contribution in [3.63, 3.8) is 0 Å². The van der Waals surface area contributed by atoms with Crippen LogP contribution in [0.4, 0.5) is 0 Å². The van der Waals surface area contributed by atoms with Gasteiger partial charge in [0.1, 0.15) is 0 Å². The Morgan fingerprint density at radius 1 is 1.13 bits per heavy atom. The molecule has 3 aromatic rings. The second kappa shape index (κ2) is 7.15.